The molecule has 0 spiro atoms. The molecule has 6 nitrogen and oxygen atoms in total. The van der Waals surface area contributed by atoms with Gasteiger partial charge < -0.3 is 24.1 Å². The van der Waals surface area contributed by atoms with E-state index in [-0.39, 0.29) is 6.79 Å². The van der Waals surface area contributed by atoms with Crippen LogP contribution in [0.3, 0.4) is 0 Å². The van der Waals surface area contributed by atoms with Gasteiger partial charge in [0.15, 0.2) is 16.6 Å². The van der Waals surface area contributed by atoms with Crippen LogP contribution in [-0.4, -0.2) is 16.9 Å². The van der Waals surface area contributed by atoms with E-state index in [1.165, 1.54) is 0 Å². The van der Waals surface area contributed by atoms with Crippen molar-refractivity contribution in [3.8, 4) is 11.5 Å². The molecule has 3 aromatic rings. The van der Waals surface area contributed by atoms with Gasteiger partial charge in [-0.15, -0.1) is 0 Å². The predicted molar refractivity (Wildman–Crippen MR) is 101 cm³/mol. The van der Waals surface area contributed by atoms with E-state index in [2.05, 4.69) is 10.3 Å². The summed E-state index contributed by atoms with van der Waals surface area (Å²) in [5, 5.41) is 3.84. The Hall–Kier alpha value is -3.06. The van der Waals surface area contributed by atoms with E-state index in [9.17, 15) is 0 Å². The molecule has 0 aliphatic carbocycles. The van der Waals surface area contributed by atoms with Crippen molar-refractivity contribution < 1.29 is 13.9 Å². The van der Waals surface area contributed by atoms with Crippen molar-refractivity contribution in [1.29, 1.82) is 0 Å². The lowest BCUT2D eigenvalue weighted by Gasteiger charge is -2.26. The topological polar surface area (TPSA) is 59.8 Å². The summed E-state index contributed by atoms with van der Waals surface area (Å²) in [5.41, 5.74) is 2.02. The number of nitrogens with zero attached hydrogens (tertiary/aromatic N) is 2. The molecule has 1 N–H and O–H groups in total. The maximum atomic E-state index is 5.64. The Morgan fingerprint density at radius 1 is 1.12 bits per heavy atom. The van der Waals surface area contributed by atoms with Crippen LogP contribution in [-0.2, 0) is 13.1 Å². The zero-order valence-electron chi connectivity index (χ0n) is 13.9. The third kappa shape index (κ3) is 3.62. The van der Waals surface area contributed by atoms with Crippen LogP contribution in [0.15, 0.2) is 65.5 Å². The van der Waals surface area contributed by atoms with Crippen LogP contribution in [0.4, 0.5) is 5.69 Å². The molecule has 1 aliphatic heterocycles. The van der Waals surface area contributed by atoms with E-state index in [4.69, 9.17) is 26.1 Å². The van der Waals surface area contributed by atoms with Gasteiger partial charge >= 0.3 is 0 Å². The monoisotopic (exact) mass is 367 g/mol. The molecule has 0 saturated carbocycles. The highest BCUT2D eigenvalue weighted by Crippen LogP contribution is 2.36. The van der Waals surface area contributed by atoms with Gasteiger partial charge in [-0.05, 0) is 54.2 Å². The van der Waals surface area contributed by atoms with Crippen molar-refractivity contribution in [2.24, 2.45) is 0 Å². The Morgan fingerprint density at radius 3 is 2.77 bits per heavy atom. The second kappa shape index (κ2) is 7.45. The van der Waals surface area contributed by atoms with E-state index in [1.54, 1.807) is 18.7 Å². The van der Waals surface area contributed by atoms with Gasteiger partial charge in [0.25, 0.3) is 0 Å². The maximum absolute atomic E-state index is 5.64. The first-order chi connectivity index (χ1) is 12.8. The number of thiocarbonyl (C=S) groups is 1. The summed E-state index contributed by atoms with van der Waals surface area (Å²) in [7, 11) is 0. The van der Waals surface area contributed by atoms with E-state index in [1.807, 2.05) is 47.4 Å². The summed E-state index contributed by atoms with van der Waals surface area (Å²) in [5.74, 6) is 2.28. The Balaban J connectivity index is 1.57. The van der Waals surface area contributed by atoms with Crippen LogP contribution in [0, 0.1) is 0 Å². The van der Waals surface area contributed by atoms with Crippen molar-refractivity contribution in [3.63, 3.8) is 0 Å². The summed E-state index contributed by atoms with van der Waals surface area (Å²) in [6, 6.07) is 13.5. The van der Waals surface area contributed by atoms with Crippen molar-refractivity contribution >= 4 is 23.0 Å². The highest BCUT2D eigenvalue weighted by molar-refractivity contribution is 7.80. The molecule has 132 valence electrons. The summed E-state index contributed by atoms with van der Waals surface area (Å²) in [6.45, 7) is 1.36. The van der Waals surface area contributed by atoms with Gasteiger partial charge in [0.1, 0.15) is 5.76 Å². The summed E-state index contributed by atoms with van der Waals surface area (Å²) < 4.78 is 16.3. The summed E-state index contributed by atoms with van der Waals surface area (Å²) in [6.07, 6.45) is 5.19. The molecule has 0 atom stereocenters. The molecular formula is C19H17N3O3S. The van der Waals surface area contributed by atoms with Crippen molar-refractivity contribution in [2.75, 3.05) is 11.7 Å². The molecular weight excluding hydrogens is 350 g/mol. The fourth-order valence-electron chi connectivity index (χ4n) is 2.68. The second-order valence-corrected chi connectivity index (χ2v) is 6.10. The standard InChI is InChI=1S/C19H17N3O3S/c26-19(21-11-16-2-1-9-23-16)22(12-14-5-7-20-8-6-14)15-3-4-17-18(10-15)25-13-24-17/h1-10H,11-13H2,(H,21,26). The Labute approximate surface area is 156 Å². The van der Waals surface area contributed by atoms with Crippen LogP contribution in [0.5, 0.6) is 11.5 Å². The zero-order valence-corrected chi connectivity index (χ0v) is 14.7. The van der Waals surface area contributed by atoms with Gasteiger partial charge in [0, 0.05) is 24.1 Å². The summed E-state index contributed by atoms with van der Waals surface area (Å²) >= 11 is 5.64. The number of furan rings is 1. The lowest BCUT2D eigenvalue weighted by molar-refractivity contribution is 0.174. The van der Waals surface area contributed by atoms with E-state index < -0.39 is 0 Å². The van der Waals surface area contributed by atoms with Gasteiger partial charge in [0.05, 0.1) is 19.4 Å². The largest absolute Gasteiger partial charge is 0.467 e. The fourth-order valence-corrected chi connectivity index (χ4v) is 2.92. The molecule has 26 heavy (non-hydrogen) atoms. The minimum absolute atomic E-state index is 0.240. The van der Waals surface area contributed by atoms with E-state index in [0.29, 0.717) is 18.2 Å². The van der Waals surface area contributed by atoms with Crippen LogP contribution >= 0.6 is 12.2 Å². The number of pyridine rings is 1. The third-order valence-corrected chi connectivity index (χ3v) is 4.36. The average Bonchev–Trinajstić information content (AvgIpc) is 3.36. The van der Waals surface area contributed by atoms with E-state index in [0.717, 1.165) is 28.5 Å². The molecule has 1 aliphatic rings. The van der Waals surface area contributed by atoms with E-state index >= 15 is 0 Å². The number of rotatable bonds is 5. The fraction of sp³-hybridized carbons (Fsp3) is 0.158. The third-order valence-electron chi connectivity index (χ3n) is 4.00. The minimum atomic E-state index is 0.240. The molecule has 4 rings (SSSR count). The number of fused-ring (bicyclic) bond motifs is 1. The first-order valence-corrected chi connectivity index (χ1v) is 8.57. The van der Waals surface area contributed by atoms with Gasteiger partial charge in [0.2, 0.25) is 6.79 Å². The maximum Gasteiger partial charge on any atom is 0.231 e. The SMILES string of the molecule is S=C(NCc1ccco1)N(Cc1ccncc1)c1ccc2c(c1)OCO2. The van der Waals surface area contributed by atoms with Crippen molar-refractivity contribution in [1.82, 2.24) is 10.3 Å². The first kappa shape index (κ1) is 16.4. The first-order valence-electron chi connectivity index (χ1n) is 8.16. The molecule has 0 amide bonds. The number of nitrogens with one attached hydrogen (secondary N) is 1. The Bertz CT molecular complexity index is 884. The normalized spacial score (nSPS) is 12.0. The van der Waals surface area contributed by atoms with Crippen molar-refractivity contribution in [3.05, 3.63) is 72.4 Å². The van der Waals surface area contributed by atoms with Gasteiger partial charge in [-0.3, -0.25) is 4.98 Å². The molecule has 0 fully saturated rings. The zero-order chi connectivity index (χ0) is 17.8. The smallest absolute Gasteiger partial charge is 0.231 e. The second-order valence-electron chi connectivity index (χ2n) is 5.72. The molecule has 3 heterocycles. The molecule has 2 aromatic heterocycles. The lowest BCUT2D eigenvalue weighted by Crippen LogP contribution is -2.39. The average molecular weight is 367 g/mol. The van der Waals surface area contributed by atoms with Crippen molar-refractivity contribution in [2.45, 2.75) is 13.1 Å². The number of hydrogen-bond acceptors (Lipinski definition) is 5. The highest BCUT2D eigenvalue weighted by Gasteiger charge is 2.19. The Kier molecular flexibility index (Phi) is 4.70. The highest BCUT2D eigenvalue weighted by atomic mass is 32.1. The van der Waals surface area contributed by atoms with Gasteiger partial charge in [-0.1, -0.05) is 0 Å². The molecule has 7 heteroatoms. The molecule has 0 radical (unpaired) electrons. The molecule has 0 bridgehead atoms. The molecule has 1 aromatic carbocycles. The number of aromatic nitrogens is 1. The molecule has 0 unspecified atom stereocenters. The quantitative estimate of drug-likeness (QED) is 0.693. The number of ether oxygens (including phenoxy) is 2. The number of hydrogen-bond donors (Lipinski definition) is 1. The lowest BCUT2D eigenvalue weighted by atomic mass is 10.2. The predicted octanol–water partition coefficient (Wildman–Crippen LogP) is 3.48. The molecule has 0 saturated heterocycles. The van der Waals surface area contributed by atoms with Crippen LogP contribution in [0.2, 0.25) is 0 Å². The minimum Gasteiger partial charge on any atom is -0.467 e. The van der Waals surface area contributed by atoms with Gasteiger partial charge in [-0.25, -0.2) is 0 Å². The number of benzene rings is 1. The van der Waals surface area contributed by atoms with Crippen LogP contribution in [0.25, 0.3) is 0 Å². The number of anilines is 1. The van der Waals surface area contributed by atoms with Crippen LogP contribution in [0.1, 0.15) is 11.3 Å². The van der Waals surface area contributed by atoms with Crippen LogP contribution < -0.4 is 19.7 Å². The summed E-state index contributed by atoms with van der Waals surface area (Å²) in [4.78, 5) is 6.08. The van der Waals surface area contributed by atoms with Gasteiger partial charge in [-0.2, -0.15) is 0 Å². The Morgan fingerprint density at radius 2 is 1.96 bits per heavy atom.